The second kappa shape index (κ2) is 5.39. The molecule has 0 saturated carbocycles. The first-order valence-corrected chi connectivity index (χ1v) is 7.54. The van der Waals surface area contributed by atoms with Crippen LogP contribution in [0.3, 0.4) is 0 Å². The molecule has 1 heterocycles. The van der Waals surface area contributed by atoms with E-state index in [1.54, 1.807) is 18.2 Å². The number of hydrogen-bond donors (Lipinski definition) is 1. The quantitative estimate of drug-likeness (QED) is 0.732. The zero-order chi connectivity index (χ0) is 16.7. The number of fused-ring (bicyclic) bond motifs is 3. The van der Waals surface area contributed by atoms with Crippen LogP contribution in [-0.4, -0.2) is 0 Å². The molecule has 1 unspecified atom stereocenters. The third-order valence-electron chi connectivity index (χ3n) is 4.32. The molecule has 0 aliphatic carbocycles. The zero-order valence-electron chi connectivity index (χ0n) is 12.7. The van der Waals surface area contributed by atoms with Gasteiger partial charge in [-0.25, -0.2) is 4.39 Å². The Morgan fingerprint density at radius 2 is 1.71 bits per heavy atom. The molecule has 3 aromatic carbocycles. The van der Waals surface area contributed by atoms with Crippen molar-refractivity contribution in [3.8, 4) is 11.8 Å². The Morgan fingerprint density at radius 1 is 0.958 bits per heavy atom. The lowest BCUT2D eigenvalue weighted by molar-refractivity contribution is 0.397. The van der Waals surface area contributed by atoms with Crippen LogP contribution in [0.25, 0.3) is 10.8 Å². The molecule has 0 aromatic heterocycles. The summed E-state index contributed by atoms with van der Waals surface area (Å²) in [6.07, 6.45) is 0. The molecular weight excluding hydrogens is 303 g/mol. The molecule has 24 heavy (non-hydrogen) atoms. The molecule has 3 nitrogen and oxygen atoms in total. The molecule has 0 saturated heterocycles. The first kappa shape index (κ1) is 14.3. The van der Waals surface area contributed by atoms with Gasteiger partial charge in [0.25, 0.3) is 0 Å². The van der Waals surface area contributed by atoms with Gasteiger partial charge in [0.1, 0.15) is 23.2 Å². The van der Waals surface area contributed by atoms with Gasteiger partial charge in [-0.05, 0) is 11.5 Å². The van der Waals surface area contributed by atoms with Crippen molar-refractivity contribution in [2.75, 3.05) is 0 Å². The highest BCUT2D eigenvalue weighted by Gasteiger charge is 2.33. The normalized spacial score (nSPS) is 16.4. The van der Waals surface area contributed by atoms with Gasteiger partial charge < -0.3 is 10.5 Å². The van der Waals surface area contributed by atoms with Crippen molar-refractivity contribution in [2.45, 2.75) is 5.92 Å². The fraction of sp³-hybridized carbons (Fsp3) is 0.0500. The first-order chi connectivity index (χ1) is 11.7. The second-order valence-corrected chi connectivity index (χ2v) is 5.65. The van der Waals surface area contributed by atoms with E-state index >= 15 is 0 Å². The van der Waals surface area contributed by atoms with Crippen LogP contribution in [0.15, 0.2) is 72.1 Å². The van der Waals surface area contributed by atoms with Gasteiger partial charge in [-0.15, -0.1) is 0 Å². The molecule has 3 aromatic rings. The fourth-order valence-electron chi connectivity index (χ4n) is 3.22. The molecule has 4 heteroatoms. The van der Waals surface area contributed by atoms with E-state index in [1.165, 1.54) is 6.07 Å². The zero-order valence-corrected chi connectivity index (χ0v) is 12.7. The van der Waals surface area contributed by atoms with Crippen LogP contribution in [-0.2, 0) is 0 Å². The molecule has 1 aliphatic rings. The summed E-state index contributed by atoms with van der Waals surface area (Å²) in [6, 6.07) is 20.1. The van der Waals surface area contributed by atoms with Crippen molar-refractivity contribution in [2.24, 2.45) is 5.73 Å². The van der Waals surface area contributed by atoms with Gasteiger partial charge in [0.15, 0.2) is 0 Å². The molecule has 0 spiro atoms. The average Bonchev–Trinajstić information content (AvgIpc) is 2.61. The van der Waals surface area contributed by atoms with Gasteiger partial charge in [0.2, 0.25) is 5.88 Å². The summed E-state index contributed by atoms with van der Waals surface area (Å²) < 4.78 is 20.2. The third-order valence-corrected chi connectivity index (χ3v) is 4.32. The van der Waals surface area contributed by atoms with Gasteiger partial charge in [0.05, 0.1) is 5.92 Å². The minimum Gasteiger partial charge on any atom is -0.440 e. The molecule has 0 bridgehead atoms. The Labute approximate surface area is 138 Å². The molecule has 1 atom stereocenters. The van der Waals surface area contributed by atoms with E-state index < -0.39 is 5.92 Å². The molecule has 0 fully saturated rings. The number of hydrogen-bond acceptors (Lipinski definition) is 3. The minimum atomic E-state index is -0.579. The molecule has 116 valence electrons. The Bertz CT molecular complexity index is 1030. The molecule has 0 radical (unpaired) electrons. The number of ether oxygens (including phenoxy) is 1. The Hall–Kier alpha value is -3.32. The summed E-state index contributed by atoms with van der Waals surface area (Å²) >= 11 is 0. The predicted octanol–water partition coefficient (Wildman–Crippen LogP) is 4.20. The number of benzene rings is 3. The summed E-state index contributed by atoms with van der Waals surface area (Å²) in [6.45, 7) is 0. The molecule has 4 rings (SSSR count). The number of nitriles is 1. The molecule has 0 amide bonds. The summed E-state index contributed by atoms with van der Waals surface area (Å²) in [5.41, 5.74) is 7.36. The maximum atomic E-state index is 14.4. The van der Waals surface area contributed by atoms with Crippen molar-refractivity contribution < 1.29 is 9.13 Å². The van der Waals surface area contributed by atoms with Crippen LogP contribution in [0.2, 0.25) is 0 Å². The molecule has 2 N–H and O–H groups in total. The SMILES string of the molecule is N#CC1=C(N)Oc2c(ccc3ccccc23)C1c1ccccc1F. The maximum absolute atomic E-state index is 14.4. The third kappa shape index (κ3) is 2.03. The Kier molecular flexibility index (Phi) is 3.21. The molecule has 1 aliphatic heterocycles. The van der Waals surface area contributed by atoms with E-state index in [0.29, 0.717) is 11.3 Å². The topological polar surface area (TPSA) is 59.0 Å². The maximum Gasteiger partial charge on any atom is 0.205 e. The molecular formula is C20H13FN2O. The van der Waals surface area contributed by atoms with Crippen molar-refractivity contribution in [3.05, 3.63) is 89.1 Å². The van der Waals surface area contributed by atoms with Crippen LogP contribution in [0.5, 0.6) is 5.75 Å². The average molecular weight is 316 g/mol. The first-order valence-electron chi connectivity index (χ1n) is 7.54. The Balaban J connectivity index is 2.05. The monoisotopic (exact) mass is 316 g/mol. The van der Waals surface area contributed by atoms with Gasteiger partial charge in [0, 0.05) is 16.5 Å². The highest BCUT2D eigenvalue weighted by atomic mass is 19.1. The van der Waals surface area contributed by atoms with E-state index in [4.69, 9.17) is 10.5 Å². The number of nitrogens with zero attached hydrogens (tertiary/aromatic N) is 1. The van der Waals surface area contributed by atoms with Crippen molar-refractivity contribution >= 4 is 10.8 Å². The van der Waals surface area contributed by atoms with Crippen LogP contribution < -0.4 is 10.5 Å². The minimum absolute atomic E-state index is 0.0228. The summed E-state index contributed by atoms with van der Waals surface area (Å²) in [7, 11) is 0. The van der Waals surface area contributed by atoms with E-state index in [9.17, 15) is 9.65 Å². The van der Waals surface area contributed by atoms with Crippen LogP contribution in [0, 0.1) is 17.1 Å². The van der Waals surface area contributed by atoms with Crippen LogP contribution >= 0.6 is 0 Å². The van der Waals surface area contributed by atoms with Crippen LogP contribution in [0.1, 0.15) is 17.0 Å². The lowest BCUT2D eigenvalue weighted by Crippen LogP contribution is -2.21. The van der Waals surface area contributed by atoms with Crippen molar-refractivity contribution in [1.29, 1.82) is 5.26 Å². The van der Waals surface area contributed by atoms with Crippen molar-refractivity contribution in [3.63, 3.8) is 0 Å². The van der Waals surface area contributed by atoms with Gasteiger partial charge in [-0.3, -0.25) is 0 Å². The van der Waals surface area contributed by atoms with Gasteiger partial charge in [-0.2, -0.15) is 5.26 Å². The highest BCUT2D eigenvalue weighted by Crippen LogP contribution is 2.45. The van der Waals surface area contributed by atoms with E-state index in [1.807, 2.05) is 36.4 Å². The summed E-state index contributed by atoms with van der Waals surface area (Å²) in [5, 5.41) is 11.4. The number of rotatable bonds is 1. The Morgan fingerprint density at radius 3 is 2.50 bits per heavy atom. The lowest BCUT2D eigenvalue weighted by atomic mass is 9.82. The number of nitrogens with two attached hydrogens (primary N) is 1. The highest BCUT2D eigenvalue weighted by molar-refractivity contribution is 5.90. The van der Waals surface area contributed by atoms with Crippen LogP contribution in [0.4, 0.5) is 4.39 Å². The number of allylic oxidation sites excluding steroid dienone is 1. The summed E-state index contributed by atoms with van der Waals surface area (Å²) in [5.74, 6) is -0.346. The van der Waals surface area contributed by atoms with E-state index in [0.717, 1.165) is 16.3 Å². The predicted molar refractivity (Wildman–Crippen MR) is 89.6 cm³/mol. The second-order valence-electron chi connectivity index (χ2n) is 5.65. The number of halogens is 1. The smallest absolute Gasteiger partial charge is 0.205 e. The van der Waals surface area contributed by atoms with Gasteiger partial charge >= 0.3 is 0 Å². The standard InChI is InChI=1S/C20H13FN2O/c21-17-8-4-3-7-14(17)18-15-10-9-12-5-1-2-6-13(12)19(15)24-20(23)16(18)11-22/h1-10,18H,23H2. The van der Waals surface area contributed by atoms with Gasteiger partial charge in [-0.1, -0.05) is 54.6 Å². The fourth-order valence-corrected chi connectivity index (χ4v) is 3.22. The summed E-state index contributed by atoms with van der Waals surface area (Å²) in [4.78, 5) is 0. The van der Waals surface area contributed by atoms with E-state index in [-0.39, 0.29) is 17.3 Å². The lowest BCUT2D eigenvalue weighted by Gasteiger charge is -2.27. The van der Waals surface area contributed by atoms with E-state index in [2.05, 4.69) is 6.07 Å². The largest absolute Gasteiger partial charge is 0.440 e. The van der Waals surface area contributed by atoms with Crippen molar-refractivity contribution in [1.82, 2.24) is 0 Å².